The third-order valence-electron chi connectivity index (χ3n) is 5.73. The number of carbonyl (C=O) groups excluding carboxylic acids is 1. The van der Waals surface area contributed by atoms with Gasteiger partial charge in [0.15, 0.2) is 5.96 Å². The van der Waals surface area contributed by atoms with Gasteiger partial charge in [-0.3, -0.25) is 14.5 Å². The first-order valence-electron chi connectivity index (χ1n) is 9.93. The van der Waals surface area contributed by atoms with Gasteiger partial charge in [0.1, 0.15) is 6.54 Å². The van der Waals surface area contributed by atoms with Gasteiger partial charge < -0.3 is 20.2 Å². The van der Waals surface area contributed by atoms with Crippen molar-refractivity contribution >= 4 is 41.5 Å². The molecule has 1 aromatic heterocycles. The van der Waals surface area contributed by atoms with Gasteiger partial charge in [-0.15, -0.1) is 24.0 Å². The minimum absolute atomic E-state index is 0. The van der Waals surface area contributed by atoms with E-state index in [0.29, 0.717) is 26.2 Å². The number of aliphatic imine (C=N–C) groups is 1. The lowest BCUT2D eigenvalue weighted by molar-refractivity contribution is -0.120. The maximum absolute atomic E-state index is 12.7. The number of rotatable bonds is 4. The molecule has 1 aliphatic heterocycles. The van der Waals surface area contributed by atoms with E-state index < -0.39 is 0 Å². The lowest BCUT2D eigenvalue weighted by Crippen LogP contribution is -2.55. The van der Waals surface area contributed by atoms with E-state index >= 15 is 0 Å². The summed E-state index contributed by atoms with van der Waals surface area (Å²) in [5.74, 6) is 0.805. The molecular formula is C19H33IN6O2. The van der Waals surface area contributed by atoms with Crippen LogP contribution in [-0.2, 0) is 11.8 Å². The van der Waals surface area contributed by atoms with Crippen LogP contribution < -0.4 is 10.2 Å². The highest BCUT2D eigenvalue weighted by Gasteiger charge is 2.36. The highest BCUT2D eigenvalue weighted by Crippen LogP contribution is 2.36. The summed E-state index contributed by atoms with van der Waals surface area (Å²) in [5.41, 5.74) is 0.655. The number of aromatic nitrogens is 2. The number of nitrogens with zero attached hydrogens (tertiary/aromatic N) is 5. The quantitative estimate of drug-likeness (QED) is 0.370. The molecule has 2 atom stereocenters. The Hall–Kier alpha value is -1.36. The van der Waals surface area contributed by atoms with E-state index in [9.17, 15) is 9.90 Å². The molecule has 3 rings (SSSR count). The molecule has 1 aliphatic carbocycles. The maximum Gasteiger partial charge on any atom is 0.246 e. The molecule has 9 heteroatoms. The number of guanidine groups is 1. The number of halogens is 1. The first-order valence-corrected chi connectivity index (χ1v) is 9.93. The number of amides is 1. The Balaban J connectivity index is 0.00000280. The number of hydrogen-bond donors (Lipinski definition) is 2. The Morgan fingerprint density at radius 3 is 2.82 bits per heavy atom. The smallest absolute Gasteiger partial charge is 0.246 e. The normalized spacial score (nSPS) is 26.2. The van der Waals surface area contributed by atoms with Crippen LogP contribution in [0.2, 0.25) is 0 Å². The van der Waals surface area contributed by atoms with E-state index in [1.54, 1.807) is 15.8 Å². The van der Waals surface area contributed by atoms with E-state index in [-0.39, 0.29) is 41.4 Å². The fraction of sp³-hybridized carbons (Fsp3) is 0.737. The van der Waals surface area contributed by atoms with E-state index in [2.05, 4.69) is 17.3 Å². The minimum atomic E-state index is -0.304. The molecule has 2 aliphatic rings. The Kier molecular flexibility index (Phi) is 8.11. The highest BCUT2D eigenvalue weighted by atomic mass is 127. The Bertz CT molecular complexity index is 694. The summed E-state index contributed by atoms with van der Waals surface area (Å²) in [7, 11) is 1.85. The first kappa shape index (κ1) is 22.9. The molecule has 2 fully saturated rings. The van der Waals surface area contributed by atoms with E-state index in [0.717, 1.165) is 43.9 Å². The molecule has 1 aromatic rings. The van der Waals surface area contributed by atoms with Gasteiger partial charge in [0, 0.05) is 38.3 Å². The zero-order valence-corrected chi connectivity index (χ0v) is 19.4. The molecule has 2 unspecified atom stereocenters. The van der Waals surface area contributed by atoms with Crippen LogP contribution in [0.15, 0.2) is 17.4 Å². The van der Waals surface area contributed by atoms with Crippen LogP contribution in [0.5, 0.6) is 0 Å². The molecule has 0 aromatic carbocycles. The topological polar surface area (TPSA) is 86.0 Å². The van der Waals surface area contributed by atoms with Gasteiger partial charge in [-0.05, 0) is 19.8 Å². The van der Waals surface area contributed by atoms with Gasteiger partial charge in [0.25, 0.3) is 0 Å². The fourth-order valence-corrected chi connectivity index (χ4v) is 3.92. The minimum Gasteiger partial charge on any atom is -0.392 e. The van der Waals surface area contributed by atoms with E-state index in [1.807, 2.05) is 25.1 Å². The van der Waals surface area contributed by atoms with Gasteiger partial charge in [-0.2, -0.15) is 5.10 Å². The van der Waals surface area contributed by atoms with Crippen LogP contribution >= 0.6 is 24.0 Å². The lowest BCUT2D eigenvalue weighted by Gasteiger charge is -2.38. The molecule has 2 heterocycles. The Morgan fingerprint density at radius 1 is 1.43 bits per heavy atom. The average molecular weight is 504 g/mol. The van der Waals surface area contributed by atoms with Crippen molar-refractivity contribution in [3.8, 4) is 0 Å². The summed E-state index contributed by atoms with van der Waals surface area (Å²) in [6.07, 6.45) is 7.35. The average Bonchev–Trinajstić information content (AvgIpc) is 3.07. The van der Waals surface area contributed by atoms with Crippen LogP contribution in [0.25, 0.3) is 0 Å². The third-order valence-corrected chi connectivity index (χ3v) is 5.73. The molecule has 28 heavy (non-hydrogen) atoms. The molecule has 0 spiro atoms. The van der Waals surface area contributed by atoms with Gasteiger partial charge in [-0.25, -0.2) is 0 Å². The van der Waals surface area contributed by atoms with Crippen molar-refractivity contribution in [1.29, 1.82) is 0 Å². The molecule has 0 bridgehead atoms. The molecule has 1 saturated carbocycles. The molecule has 1 amide bonds. The van der Waals surface area contributed by atoms with Crippen LogP contribution in [0.3, 0.4) is 0 Å². The summed E-state index contributed by atoms with van der Waals surface area (Å²) in [6, 6.07) is 0. The zero-order valence-electron chi connectivity index (χ0n) is 17.1. The number of carbonyl (C=O) groups is 1. The standard InChI is InChI=1S/C19H32N6O2.HI/c1-4-20-18(21-14-19(2)8-6-5-7-16(19)26)24-9-10-25(17(27)13-24)15-11-22-23(3)12-15;/h11-12,16,26H,4-10,13-14H2,1-3H3,(H,20,21);1H. The fourth-order valence-electron chi connectivity index (χ4n) is 3.92. The number of piperazine rings is 1. The number of hydrogen-bond acceptors (Lipinski definition) is 4. The van der Waals surface area contributed by atoms with Crippen molar-refractivity contribution in [3.63, 3.8) is 0 Å². The van der Waals surface area contributed by atoms with Gasteiger partial charge in [0.05, 0.1) is 24.5 Å². The van der Waals surface area contributed by atoms with Gasteiger partial charge in [-0.1, -0.05) is 19.8 Å². The van der Waals surface area contributed by atoms with Crippen molar-refractivity contribution in [2.24, 2.45) is 17.5 Å². The van der Waals surface area contributed by atoms with Gasteiger partial charge in [0.2, 0.25) is 5.91 Å². The third kappa shape index (κ3) is 5.16. The molecule has 2 N–H and O–H groups in total. The van der Waals surface area contributed by atoms with Crippen molar-refractivity contribution in [3.05, 3.63) is 12.4 Å². The van der Waals surface area contributed by atoms with Gasteiger partial charge >= 0.3 is 0 Å². The second-order valence-corrected chi connectivity index (χ2v) is 7.92. The number of aliphatic hydroxyl groups is 1. The summed E-state index contributed by atoms with van der Waals surface area (Å²) in [5, 5.41) is 17.9. The highest BCUT2D eigenvalue weighted by molar-refractivity contribution is 14.0. The van der Waals surface area contributed by atoms with E-state index in [4.69, 9.17) is 4.99 Å². The summed E-state index contributed by atoms with van der Waals surface area (Å²) < 4.78 is 1.71. The van der Waals surface area contributed by atoms with Crippen molar-refractivity contribution in [1.82, 2.24) is 20.0 Å². The summed E-state index contributed by atoms with van der Waals surface area (Å²) in [6.45, 7) is 7.08. The van der Waals surface area contributed by atoms with Crippen molar-refractivity contribution in [2.45, 2.75) is 45.6 Å². The van der Waals surface area contributed by atoms with E-state index in [1.165, 1.54) is 0 Å². The maximum atomic E-state index is 12.7. The second-order valence-electron chi connectivity index (χ2n) is 7.92. The number of nitrogens with one attached hydrogen (secondary N) is 1. The second kappa shape index (κ2) is 9.91. The first-order chi connectivity index (χ1) is 12.9. The largest absolute Gasteiger partial charge is 0.392 e. The summed E-state index contributed by atoms with van der Waals surface area (Å²) >= 11 is 0. The Labute approximate surface area is 184 Å². The molecule has 1 saturated heterocycles. The predicted molar refractivity (Wildman–Crippen MR) is 121 cm³/mol. The number of anilines is 1. The number of aryl methyl sites for hydroxylation is 1. The lowest BCUT2D eigenvalue weighted by atomic mass is 9.73. The summed E-state index contributed by atoms with van der Waals surface area (Å²) in [4.78, 5) is 21.3. The monoisotopic (exact) mass is 504 g/mol. The molecular weight excluding hydrogens is 471 g/mol. The number of aliphatic hydroxyl groups excluding tert-OH is 1. The molecule has 0 radical (unpaired) electrons. The van der Waals surface area contributed by atoms with Crippen LogP contribution in [0.1, 0.15) is 39.5 Å². The van der Waals surface area contributed by atoms with Crippen LogP contribution in [-0.4, -0.2) is 70.5 Å². The van der Waals surface area contributed by atoms with Crippen LogP contribution in [0.4, 0.5) is 5.69 Å². The molecule has 158 valence electrons. The zero-order chi connectivity index (χ0) is 19.4. The SMILES string of the molecule is CCNC(=NCC1(C)CCCCC1O)N1CCN(c2cnn(C)c2)C(=O)C1.I. The predicted octanol–water partition coefficient (Wildman–Crippen LogP) is 1.59. The molecule has 8 nitrogen and oxygen atoms in total. The Morgan fingerprint density at radius 2 is 2.21 bits per heavy atom. The van der Waals surface area contributed by atoms with Crippen LogP contribution in [0, 0.1) is 5.41 Å². The van der Waals surface area contributed by atoms with Crippen molar-refractivity contribution < 1.29 is 9.90 Å². The van der Waals surface area contributed by atoms with Crippen molar-refractivity contribution in [2.75, 3.05) is 37.6 Å².